The topological polar surface area (TPSA) is 72.5 Å². The second-order valence-corrected chi connectivity index (χ2v) is 5.10. The summed E-state index contributed by atoms with van der Waals surface area (Å²) in [4.78, 5) is 7.72. The summed E-state index contributed by atoms with van der Waals surface area (Å²) < 4.78 is 42.9. The summed E-state index contributed by atoms with van der Waals surface area (Å²) in [7, 11) is 1.54. The Hall–Kier alpha value is -2.48. The van der Waals surface area contributed by atoms with E-state index in [9.17, 15) is 13.2 Å². The highest BCUT2D eigenvalue weighted by molar-refractivity contribution is 6.33. The molecule has 0 amide bonds. The monoisotopic (exact) mass is 358 g/mol. The van der Waals surface area contributed by atoms with Crippen LogP contribution in [0.2, 0.25) is 5.02 Å². The average molecular weight is 359 g/mol. The molecule has 0 unspecified atom stereocenters. The fourth-order valence-corrected chi connectivity index (χ4v) is 2.06. The summed E-state index contributed by atoms with van der Waals surface area (Å²) in [6.45, 7) is 0.223. The molecule has 1 aromatic carbocycles. The lowest BCUT2D eigenvalue weighted by atomic mass is 10.2. The molecule has 5 nitrogen and oxygen atoms in total. The van der Waals surface area contributed by atoms with Gasteiger partial charge in [-0.3, -0.25) is 0 Å². The third-order valence-corrected chi connectivity index (χ3v) is 3.32. The maximum atomic E-state index is 12.6. The Bertz CT molecular complexity index is 750. The minimum absolute atomic E-state index is 0.00839. The lowest BCUT2D eigenvalue weighted by Crippen LogP contribution is -2.23. The summed E-state index contributed by atoms with van der Waals surface area (Å²) in [6.07, 6.45) is -3.85. The number of ether oxygens (including phenoxy) is 1. The third-order valence-electron chi connectivity index (χ3n) is 3.03. The standard InChI is InChI=1S/C15H14ClF3N4O/c1-24-12-5-3-2-4-9(12)7-22-14(20)23-13-11(16)6-10(8-21-13)15(17,18)19/h2-6,8H,7H2,1H3,(H3,20,21,22,23). The first kappa shape index (κ1) is 17.9. The number of benzene rings is 1. The van der Waals surface area contributed by atoms with Crippen molar-refractivity contribution in [3.63, 3.8) is 0 Å². The molecule has 0 aliphatic heterocycles. The largest absolute Gasteiger partial charge is 0.496 e. The Morgan fingerprint density at radius 2 is 2.08 bits per heavy atom. The van der Waals surface area contributed by atoms with Crippen LogP contribution >= 0.6 is 11.6 Å². The molecular weight excluding hydrogens is 345 g/mol. The van der Waals surface area contributed by atoms with E-state index in [4.69, 9.17) is 22.1 Å². The van der Waals surface area contributed by atoms with Crippen LogP contribution in [0.1, 0.15) is 11.1 Å². The average Bonchev–Trinajstić information content (AvgIpc) is 2.54. The van der Waals surface area contributed by atoms with Gasteiger partial charge in [-0.25, -0.2) is 9.98 Å². The van der Waals surface area contributed by atoms with Crippen LogP contribution in [0, 0.1) is 0 Å². The molecule has 0 atom stereocenters. The number of pyridine rings is 1. The summed E-state index contributed by atoms with van der Waals surface area (Å²) in [5, 5.41) is 2.37. The van der Waals surface area contributed by atoms with Crippen LogP contribution in [0.25, 0.3) is 0 Å². The normalized spacial score (nSPS) is 12.1. The molecule has 3 N–H and O–H groups in total. The third kappa shape index (κ3) is 4.51. The van der Waals surface area contributed by atoms with Crippen LogP contribution < -0.4 is 15.8 Å². The SMILES string of the molecule is COc1ccccc1CN=C(N)Nc1ncc(C(F)(F)F)cc1Cl. The number of methoxy groups -OCH3 is 1. The number of alkyl halides is 3. The number of nitrogens with zero attached hydrogens (tertiary/aromatic N) is 2. The summed E-state index contributed by atoms with van der Waals surface area (Å²) in [5.41, 5.74) is 5.58. The Kier molecular flexibility index (Phi) is 5.50. The molecule has 128 valence electrons. The minimum Gasteiger partial charge on any atom is -0.496 e. The first-order chi connectivity index (χ1) is 11.3. The van der Waals surface area contributed by atoms with Gasteiger partial charge in [0.15, 0.2) is 11.8 Å². The van der Waals surface area contributed by atoms with Crippen LogP contribution in [0.3, 0.4) is 0 Å². The molecule has 1 aromatic heterocycles. The second-order valence-electron chi connectivity index (χ2n) is 4.69. The number of anilines is 1. The summed E-state index contributed by atoms with van der Waals surface area (Å²) in [5.74, 6) is 0.612. The molecule has 2 aromatic rings. The first-order valence-corrected chi connectivity index (χ1v) is 7.10. The Morgan fingerprint density at radius 1 is 1.38 bits per heavy atom. The molecule has 9 heteroatoms. The Morgan fingerprint density at radius 3 is 2.71 bits per heavy atom. The van der Waals surface area contributed by atoms with E-state index in [1.54, 1.807) is 6.07 Å². The fourth-order valence-electron chi connectivity index (χ4n) is 1.85. The highest BCUT2D eigenvalue weighted by Crippen LogP contribution is 2.32. The van der Waals surface area contributed by atoms with Gasteiger partial charge in [0.25, 0.3) is 0 Å². The van der Waals surface area contributed by atoms with E-state index >= 15 is 0 Å². The lowest BCUT2D eigenvalue weighted by Gasteiger charge is -2.10. The van der Waals surface area contributed by atoms with Gasteiger partial charge in [0, 0.05) is 11.8 Å². The van der Waals surface area contributed by atoms with Crippen molar-refractivity contribution in [2.45, 2.75) is 12.7 Å². The van der Waals surface area contributed by atoms with Gasteiger partial charge in [-0.1, -0.05) is 29.8 Å². The zero-order chi connectivity index (χ0) is 17.7. The molecule has 0 radical (unpaired) electrons. The number of rotatable bonds is 4. The van der Waals surface area contributed by atoms with Crippen molar-refractivity contribution in [1.82, 2.24) is 4.98 Å². The van der Waals surface area contributed by atoms with E-state index < -0.39 is 11.7 Å². The number of para-hydroxylation sites is 1. The number of nitrogens with two attached hydrogens (primary N) is 1. The van der Waals surface area contributed by atoms with E-state index in [1.165, 1.54) is 7.11 Å². The number of aromatic nitrogens is 1. The molecule has 2 rings (SSSR count). The van der Waals surface area contributed by atoms with Gasteiger partial charge in [0.1, 0.15) is 5.75 Å². The fraction of sp³-hybridized carbons (Fsp3) is 0.200. The molecule has 0 spiro atoms. The van der Waals surface area contributed by atoms with Crippen molar-refractivity contribution in [3.8, 4) is 5.75 Å². The van der Waals surface area contributed by atoms with Crippen molar-refractivity contribution < 1.29 is 17.9 Å². The van der Waals surface area contributed by atoms with Gasteiger partial charge < -0.3 is 15.8 Å². The molecule has 0 bridgehead atoms. The van der Waals surface area contributed by atoms with E-state index in [0.29, 0.717) is 11.9 Å². The highest BCUT2D eigenvalue weighted by atomic mass is 35.5. The van der Waals surface area contributed by atoms with Crippen LogP contribution in [0.15, 0.2) is 41.5 Å². The molecule has 1 heterocycles. The molecule has 0 aliphatic rings. The maximum Gasteiger partial charge on any atom is 0.417 e. The summed E-state index contributed by atoms with van der Waals surface area (Å²) in [6, 6.07) is 8.01. The van der Waals surface area contributed by atoms with Gasteiger partial charge in [-0.2, -0.15) is 13.2 Å². The smallest absolute Gasteiger partial charge is 0.417 e. The Balaban J connectivity index is 2.10. The number of hydrogen-bond acceptors (Lipinski definition) is 3. The van der Waals surface area contributed by atoms with Crippen molar-refractivity contribution in [2.24, 2.45) is 10.7 Å². The lowest BCUT2D eigenvalue weighted by molar-refractivity contribution is -0.137. The zero-order valence-corrected chi connectivity index (χ0v) is 13.3. The van der Waals surface area contributed by atoms with E-state index in [0.717, 1.165) is 11.6 Å². The molecular formula is C15H14ClF3N4O. The second kappa shape index (κ2) is 7.39. The molecule has 0 fully saturated rings. The van der Waals surface area contributed by atoms with E-state index in [-0.39, 0.29) is 23.3 Å². The number of halogens is 4. The van der Waals surface area contributed by atoms with Crippen molar-refractivity contribution >= 4 is 23.4 Å². The van der Waals surface area contributed by atoms with Gasteiger partial charge in [0.05, 0.1) is 24.2 Å². The van der Waals surface area contributed by atoms with Crippen molar-refractivity contribution in [2.75, 3.05) is 12.4 Å². The number of guanidine groups is 1. The van der Waals surface area contributed by atoms with Crippen LogP contribution in [0.5, 0.6) is 5.75 Å². The predicted molar refractivity (Wildman–Crippen MR) is 86.2 cm³/mol. The van der Waals surface area contributed by atoms with Gasteiger partial charge in [-0.15, -0.1) is 0 Å². The van der Waals surface area contributed by atoms with Crippen molar-refractivity contribution in [3.05, 3.63) is 52.7 Å². The number of hydrogen-bond donors (Lipinski definition) is 2. The molecule has 24 heavy (non-hydrogen) atoms. The molecule has 0 saturated carbocycles. The predicted octanol–water partition coefficient (Wildman–Crippen LogP) is 3.69. The van der Waals surface area contributed by atoms with Crippen LogP contribution in [-0.4, -0.2) is 18.1 Å². The van der Waals surface area contributed by atoms with Gasteiger partial charge >= 0.3 is 6.18 Å². The highest BCUT2D eigenvalue weighted by Gasteiger charge is 2.31. The van der Waals surface area contributed by atoms with E-state index in [1.807, 2.05) is 18.2 Å². The first-order valence-electron chi connectivity index (χ1n) is 6.73. The minimum atomic E-state index is -4.52. The number of aliphatic imine (C=N–C) groups is 1. The Labute approximate surface area is 141 Å². The quantitative estimate of drug-likeness (QED) is 0.646. The maximum absolute atomic E-state index is 12.6. The molecule has 0 aliphatic carbocycles. The molecule has 0 saturated heterocycles. The van der Waals surface area contributed by atoms with E-state index in [2.05, 4.69) is 15.3 Å². The van der Waals surface area contributed by atoms with Crippen molar-refractivity contribution in [1.29, 1.82) is 0 Å². The zero-order valence-electron chi connectivity index (χ0n) is 12.6. The summed E-state index contributed by atoms with van der Waals surface area (Å²) >= 11 is 5.79. The van der Waals surface area contributed by atoms with Crippen LogP contribution in [0.4, 0.5) is 19.0 Å². The van der Waals surface area contributed by atoms with Crippen LogP contribution in [-0.2, 0) is 12.7 Å². The van der Waals surface area contributed by atoms with Gasteiger partial charge in [0.2, 0.25) is 0 Å². The van der Waals surface area contributed by atoms with Gasteiger partial charge in [-0.05, 0) is 12.1 Å². The number of nitrogens with one attached hydrogen (secondary N) is 1.